The molecule has 0 aromatic heterocycles. The lowest BCUT2D eigenvalue weighted by Crippen LogP contribution is -1.94. The van der Waals surface area contributed by atoms with Gasteiger partial charge in [-0.1, -0.05) is 46.9 Å². The van der Waals surface area contributed by atoms with Crippen LogP contribution in [0.25, 0.3) is 0 Å². The van der Waals surface area contributed by atoms with Gasteiger partial charge in [-0.3, -0.25) is 10.1 Å². The average Bonchev–Trinajstić information content (AvgIpc) is 2.35. The molecule has 0 radical (unpaired) electrons. The van der Waals surface area contributed by atoms with Crippen molar-refractivity contribution in [3.63, 3.8) is 0 Å². The van der Waals surface area contributed by atoms with Crippen molar-refractivity contribution in [2.75, 3.05) is 0 Å². The summed E-state index contributed by atoms with van der Waals surface area (Å²) in [5.74, 6) is 0. The second-order valence-electron chi connectivity index (χ2n) is 3.95. The van der Waals surface area contributed by atoms with Crippen LogP contribution in [0.1, 0.15) is 11.1 Å². The molecule has 0 amide bonds. The summed E-state index contributed by atoms with van der Waals surface area (Å²) >= 11 is 17.9. The van der Waals surface area contributed by atoms with Gasteiger partial charge in [0.25, 0.3) is 5.69 Å². The zero-order valence-electron chi connectivity index (χ0n) is 9.57. The fourth-order valence-electron chi connectivity index (χ4n) is 1.67. The van der Waals surface area contributed by atoms with Gasteiger partial charge in [-0.25, -0.2) is 0 Å². The molecular weight excluding hydrogens is 309 g/mol. The lowest BCUT2D eigenvalue weighted by molar-refractivity contribution is -0.384. The minimum Gasteiger partial charge on any atom is -0.258 e. The molecule has 0 aliphatic rings. The van der Waals surface area contributed by atoms with E-state index in [4.69, 9.17) is 34.8 Å². The van der Waals surface area contributed by atoms with Crippen molar-refractivity contribution in [1.29, 1.82) is 0 Å². The second kappa shape index (κ2) is 5.78. The largest absolute Gasteiger partial charge is 0.272 e. The van der Waals surface area contributed by atoms with Crippen molar-refractivity contribution >= 4 is 40.5 Å². The number of rotatable bonds is 3. The summed E-state index contributed by atoms with van der Waals surface area (Å²) in [6.07, 6.45) is 0.493. The van der Waals surface area contributed by atoms with Crippen molar-refractivity contribution in [3.05, 3.63) is 72.7 Å². The van der Waals surface area contributed by atoms with Crippen LogP contribution in [0.4, 0.5) is 5.69 Å². The Kier molecular flexibility index (Phi) is 4.30. The van der Waals surface area contributed by atoms with Gasteiger partial charge in [0, 0.05) is 23.6 Å². The molecule has 2 rings (SSSR count). The van der Waals surface area contributed by atoms with E-state index >= 15 is 0 Å². The lowest BCUT2D eigenvalue weighted by Gasteiger charge is -2.07. The van der Waals surface area contributed by atoms with Crippen LogP contribution < -0.4 is 0 Å². The van der Waals surface area contributed by atoms with E-state index in [2.05, 4.69) is 0 Å². The molecule has 0 aliphatic carbocycles. The van der Waals surface area contributed by atoms with E-state index in [1.807, 2.05) is 12.1 Å². The van der Waals surface area contributed by atoms with Crippen molar-refractivity contribution in [1.82, 2.24) is 0 Å². The van der Waals surface area contributed by atoms with Gasteiger partial charge in [0.2, 0.25) is 0 Å². The van der Waals surface area contributed by atoms with Gasteiger partial charge in [0.1, 0.15) is 0 Å². The molecular formula is C13H8Cl3NO2. The number of non-ortho nitro benzene ring substituents is 1. The first kappa shape index (κ1) is 14.1. The Morgan fingerprint density at radius 1 is 1.00 bits per heavy atom. The summed E-state index contributed by atoms with van der Waals surface area (Å²) in [6.45, 7) is 0. The van der Waals surface area contributed by atoms with Crippen LogP contribution >= 0.6 is 34.8 Å². The van der Waals surface area contributed by atoms with Gasteiger partial charge in [-0.2, -0.15) is 0 Å². The van der Waals surface area contributed by atoms with E-state index in [0.717, 1.165) is 5.56 Å². The first-order valence-electron chi connectivity index (χ1n) is 5.34. The number of hydrogen-bond donors (Lipinski definition) is 0. The van der Waals surface area contributed by atoms with Crippen LogP contribution in [0.15, 0.2) is 36.4 Å². The maximum absolute atomic E-state index is 10.7. The van der Waals surface area contributed by atoms with Crippen molar-refractivity contribution in [2.45, 2.75) is 6.42 Å². The topological polar surface area (TPSA) is 43.1 Å². The predicted octanol–water partition coefficient (Wildman–Crippen LogP) is 5.15. The monoisotopic (exact) mass is 315 g/mol. The molecule has 0 saturated carbocycles. The Morgan fingerprint density at radius 3 is 2.00 bits per heavy atom. The molecule has 19 heavy (non-hydrogen) atoms. The van der Waals surface area contributed by atoms with Crippen molar-refractivity contribution in [3.8, 4) is 0 Å². The molecule has 0 saturated heterocycles. The van der Waals surface area contributed by atoms with Crippen molar-refractivity contribution < 1.29 is 4.92 Å². The van der Waals surface area contributed by atoms with Gasteiger partial charge in [0.05, 0.1) is 15.0 Å². The molecule has 3 nitrogen and oxygen atoms in total. The third kappa shape index (κ3) is 3.38. The molecule has 0 bridgehead atoms. The molecule has 0 fully saturated rings. The van der Waals surface area contributed by atoms with E-state index in [9.17, 15) is 10.1 Å². The van der Waals surface area contributed by atoms with Gasteiger partial charge in [-0.15, -0.1) is 0 Å². The summed E-state index contributed by atoms with van der Waals surface area (Å²) in [4.78, 5) is 10.2. The van der Waals surface area contributed by atoms with E-state index in [1.165, 1.54) is 12.1 Å². The highest BCUT2D eigenvalue weighted by Gasteiger charge is 2.14. The third-order valence-corrected chi connectivity index (χ3v) is 3.56. The van der Waals surface area contributed by atoms with Crippen LogP contribution in [0.5, 0.6) is 0 Å². The minimum atomic E-state index is -0.524. The van der Waals surface area contributed by atoms with Crippen LogP contribution in [-0.2, 0) is 6.42 Å². The zero-order valence-corrected chi connectivity index (χ0v) is 11.8. The highest BCUT2D eigenvalue weighted by molar-refractivity contribution is 6.36. The van der Waals surface area contributed by atoms with Crippen LogP contribution in [0.3, 0.4) is 0 Å². The molecule has 0 atom stereocenters. The number of halogens is 3. The maximum atomic E-state index is 10.7. The Morgan fingerprint density at radius 2 is 1.53 bits per heavy atom. The molecule has 0 N–H and O–H groups in total. The van der Waals surface area contributed by atoms with Gasteiger partial charge in [-0.05, 0) is 23.3 Å². The number of nitro benzene ring substituents is 1. The highest BCUT2D eigenvalue weighted by atomic mass is 35.5. The van der Waals surface area contributed by atoms with Crippen LogP contribution in [-0.4, -0.2) is 4.92 Å². The van der Waals surface area contributed by atoms with Crippen LogP contribution in [0.2, 0.25) is 15.1 Å². The van der Waals surface area contributed by atoms with E-state index in [1.54, 1.807) is 12.1 Å². The smallest absolute Gasteiger partial charge is 0.258 e. The number of hydrogen-bond acceptors (Lipinski definition) is 2. The van der Waals surface area contributed by atoms with Crippen molar-refractivity contribution in [2.24, 2.45) is 0 Å². The Hall–Kier alpha value is -1.29. The normalized spacial score (nSPS) is 10.5. The van der Waals surface area contributed by atoms with E-state index in [-0.39, 0.29) is 15.7 Å². The molecule has 0 spiro atoms. The number of nitro groups is 1. The molecule has 0 unspecified atom stereocenters. The first-order valence-corrected chi connectivity index (χ1v) is 6.47. The maximum Gasteiger partial charge on any atom is 0.272 e. The van der Waals surface area contributed by atoms with E-state index < -0.39 is 4.92 Å². The summed E-state index contributed by atoms with van der Waals surface area (Å²) in [5.41, 5.74) is 1.52. The average molecular weight is 317 g/mol. The number of benzene rings is 2. The summed E-state index contributed by atoms with van der Waals surface area (Å²) < 4.78 is 0. The Labute approximate surface area is 124 Å². The summed E-state index contributed by atoms with van der Waals surface area (Å²) in [6, 6.07) is 9.86. The molecule has 2 aromatic rings. The second-order valence-corrected chi connectivity index (χ2v) is 5.20. The third-order valence-electron chi connectivity index (χ3n) is 2.63. The lowest BCUT2D eigenvalue weighted by atomic mass is 10.0. The van der Waals surface area contributed by atoms with Gasteiger partial charge in [0.15, 0.2) is 0 Å². The van der Waals surface area contributed by atoms with Gasteiger partial charge < -0.3 is 0 Å². The molecule has 6 heteroatoms. The SMILES string of the molecule is O=[N+]([O-])c1cc(Cl)c(Cc2ccc(Cl)cc2)c(Cl)c1. The highest BCUT2D eigenvalue weighted by Crippen LogP contribution is 2.32. The summed E-state index contributed by atoms with van der Waals surface area (Å²) in [5, 5.41) is 11.9. The fourth-order valence-corrected chi connectivity index (χ4v) is 2.41. The molecule has 2 aromatic carbocycles. The Balaban J connectivity index is 2.35. The standard InChI is InChI=1S/C13H8Cl3NO2/c14-9-3-1-8(2-4-9)5-11-12(15)6-10(17(18)19)7-13(11)16/h1-4,6-7H,5H2. The molecule has 98 valence electrons. The fraction of sp³-hybridized carbons (Fsp3) is 0.0769. The Bertz CT molecular complexity index is 603. The zero-order chi connectivity index (χ0) is 14.0. The minimum absolute atomic E-state index is 0.116. The summed E-state index contributed by atoms with van der Waals surface area (Å²) in [7, 11) is 0. The van der Waals surface area contributed by atoms with Gasteiger partial charge >= 0.3 is 0 Å². The van der Waals surface area contributed by atoms with Crippen LogP contribution in [0, 0.1) is 10.1 Å². The quantitative estimate of drug-likeness (QED) is 0.581. The van der Waals surface area contributed by atoms with E-state index in [0.29, 0.717) is 17.0 Å². The first-order chi connectivity index (χ1) is 8.97. The number of nitrogens with zero attached hydrogens (tertiary/aromatic N) is 1. The molecule has 0 aliphatic heterocycles. The predicted molar refractivity (Wildman–Crippen MR) is 77.4 cm³/mol. The molecule has 0 heterocycles.